The molecule has 2 N–H and O–H groups in total. The van der Waals surface area contributed by atoms with E-state index < -0.39 is 11.0 Å². The van der Waals surface area contributed by atoms with Crippen molar-refractivity contribution in [2.75, 3.05) is 12.4 Å². The molecule has 0 aliphatic carbocycles. The maximum absolute atomic E-state index is 12.0. The number of nitrogens with one attached hydrogen (secondary N) is 2. The first-order chi connectivity index (χ1) is 15.9. The number of benzene rings is 3. The Morgan fingerprint density at radius 3 is 2.64 bits per heavy atom. The second kappa shape index (κ2) is 11.0. The summed E-state index contributed by atoms with van der Waals surface area (Å²) < 4.78 is 11.1. The van der Waals surface area contributed by atoms with E-state index in [1.165, 1.54) is 25.5 Å². The molecule has 0 aliphatic rings. The van der Waals surface area contributed by atoms with Crippen LogP contribution in [0, 0.1) is 17.0 Å². The zero-order chi connectivity index (χ0) is 23.8. The number of carbonyl (C=O) groups is 1. The molecular weight excluding hydrogens is 448 g/mol. The van der Waals surface area contributed by atoms with Gasteiger partial charge in [-0.05, 0) is 42.3 Å². The molecule has 0 spiro atoms. The maximum atomic E-state index is 12.0. The molecule has 0 saturated carbocycles. The number of hydrazone groups is 1. The summed E-state index contributed by atoms with van der Waals surface area (Å²) in [6.45, 7) is 2.02. The largest absolute Gasteiger partial charge is 0.493 e. The lowest BCUT2D eigenvalue weighted by Gasteiger charge is -2.13. The van der Waals surface area contributed by atoms with Crippen LogP contribution in [0.1, 0.15) is 16.7 Å². The topological polar surface area (TPSA) is 115 Å². The molecule has 0 radical (unpaired) electrons. The predicted octanol–water partition coefficient (Wildman–Crippen LogP) is 5.30. The number of ether oxygens (including phenoxy) is 2. The lowest BCUT2D eigenvalue weighted by molar-refractivity contribution is -0.384. The van der Waals surface area contributed by atoms with E-state index in [4.69, 9.17) is 21.1 Å². The molecular formula is C23H21ClN4O5. The zero-order valence-electron chi connectivity index (χ0n) is 17.9. The maximum Gasteiger partial charge on any atom is 0.339 e. The van der Waals surface area contributed by atoms with E-state index in [0.717, 1.165) is 5.56 Å². The summed E-state index contributed by atoms with van der Waals surface area (Å²) >= 11 is 6.35. The number of urea groups is 1. The van der Waals surface area contributed by atoms with Crippen LogP contribution in [0.2, 0.25) is 5.02 Å². The minimum atomic E-state index is -0.495. The van der Waals surface area contributed by atoms with Gasteiger partial charge in [0.15, 0.2) is 11.5 Å². The Labute approximate surface area is 195 Å². The standard InChI is InChI=1S/C23H21ClN4O5/c1-15-6-8-18(9-7-15)26-23(29)27-25-13-17-11-20(24)22(21(12-17)32-2)33-14-16-4-3-5-19(10-16)28(30)31/h3-13H,14H2,1-2H3,(H2,26,27,29)/b25-13+. The molecule has 3 aromatic carbocycles. The number of hydrogen-bond donors (Lipinski definition) is 2. The smallest absolute Gasteiger partial charge is 0.339 e. The van der Waals surface area contributed by atoms with Crippen LogP contribution in [0.15, 0.2) is 65.8 Å². The number of non-ortho nitro benzene ring substituents is 1. The molecule has 0 aliphatic heterocycles. The molecule has 0 fully saturated rings. The van der Waals surface area contributed by atoms with Gasteiger partial charge in [-0.25, -0.2) is 10.2 Å². The molecule has 170 valence electrons. The second-order valence-corrected chi connectivity index (χ2v) is 7.35. The number of rotatable bonds is 8. The van der Waals surface area contributed by atoms with E-state index in [0.29, 0.717) is 22.6 Å². The van der Waals surface area contributed by atoms with Crippen LogP contribution >= 0.6 is 11.6 Å². The quantitative estimate of drug-likeness (QED) is 0.264. The van der Waals surface area contributed by atoms with Gasteiger partial charge in [-0.15, -0.1) is 0 Å². The third-order valence-electron chi connectivity index (χ3n) is 4.45. The molecule has 0 saturated heterocycles. The molecule has 0 bridgehead atoms. The molecule has 0 atom stereocenters. The number of anilines is 1. The number of methoxy groups -OCH3 is 1. The predicted molar refractivity (Wildman–Crippen MR) is 126 cm³/mol. The average molecular weight is 469 g/mol. The molecule has 3 rings (SSSR count). The van der Waals surface area contributed by atoms with Gasteiger partial charge in [-0.2, -0.15) is 5.10 Å². The number of hydrogen-bond acceptors (Lipinski definition) is 6. The fraction of sp³-hybridized carbons (Fsp3) is 0.130. The number of nitro benzene ring substituents is 1. The van der Waals surface area contributed by atoms with E-state index in [2.05, 4.69) is 15.8 Å². The van der Waals surface area contributed by atoms with E-state index in [-0.39, 0.29) is 23.1 Å². The van der Waals surface area contributed by atoms with E-state index >= 15 is 0 Å². The Balaban J connectivity index is 1.64. The van der Waals surface area contributed by atoms with Gasteiger partial charge in [0.05, 0.1) is 23.3 Å². The molecule has 0 aromatic heterocycles. The second-order valence-electron chi connectivity index (χ2n) is 6.94. The molecule has 33 heavy (non-hydrogen) atoms. The fourth-order valence-electron chi connectivity index (χ4n) is 2.83. The molecule has 3 aromatic rings. The minimum absolute atomic E-state index is 0.0281. The number of halogens is 1. The molecule has 10 heteroatoms. The summed E-state index contributed by atoms with van der Waals surface area (Å²) in [6, 6.07) is 16.2. The molecule has 9 nitrogen and oxygen atoms in total. The van der Waals surface area contributed by atoms with Crippen molar-refractivity contribution in [3.63, 3.8) is 0 Å². The first-order valence-corrected chi connectivity index (χ1v) is 10.1. The Kier molecular flexibility index (Phi) is 7.82. The number of nitrogens with zero attached hydrogens (tertiary/aromatic N) is 2. The van der Waals surface area contributed by atoms with Crippen LogP contribution in [-0.2, 0) is 6.61 Å². The van der Waals surface area contributed by atoms with Crippen molar-refractivity contribution >= 4 is 35.2 Å². The lowest BCUT2D eigenvalue weighted by Crippen LogP contribution is -2.24. The van der Waals surface area contributed by atoms with Gasteiger partial charge in [0.1, 0.15) is 6.61 Å². The summed E-state index contributed by atoms with van der Waals surface area (Å²) in [7, 11) is 1.46. The van der Waals surface area contributed by atoms with Crippen LogP contribution in [0.5, 0.6) is 11.5 Å². The Hall–Kier alpha value is -4.11. The summed E-state index contributed by atoms with van der Waals surface area (Å²) in [5.74, 6) is 0.631. The van der Waals surface area contributed by atoms with Crippen molar-refractivity contribution in [2.45, 2.75) is 13.5 Å². The van der Waals surface area contributed by atoms with Crippen LogP contribution < -0.4 is 20.2 Å². The van der Waals surface area contributed by atoms with Gasteiger partial charge in [0.2, 0.25) is 0 Å². The van der Waals surface area contributed by atoms with Gasteiger partial charge < -0.3 is 14.8 Å². The summed E-state index contributed by atoms with van der Waals surface area (Å²) in [4.78, 5) is 22.4. The van der Waals surface area contributed by atoms with Gasteiger partial charge in [-0.3, -0.25) is 10.1 Å². The number of carbonyl (C=O) groups excluding carboxylic acids is 1. The van der Waals surface area contributed by atoms with Crippen molar-refractivity contribution in [3.8, 4) is 11.5 Å². The van der Waals surface area contributed by atoms with Crippen LogP contribution in [0.3, 0.4) is 0 Å². The first-order valence-electron chi connectivity index (χ1n) is 9.76. The summed E-state index contributed by atoms with van der Waals surface area (Å²) in [6.07, 6.45) is 1.41. The average Bonchev–Trinajstić information content (AvgIpc) is 2.79. The Morgan fingerprint density at radius 2 is 1.94 bits per heavy atom. The highest BCUT2D eigenvalue weighted by atomic mass is 35.5. The van der Waals surface area contributed by atoms with Crippen molar-refractivity contribution in [3.05, 3.63) is 92.5 Å². The normalized spacial score (nSPS) is 10.6. The SMILES string of the molecule is COc1cc(/C=N/NC(=O)Nc2ccc(C)cc2)cc(Cl)c1OCc1cccc([N+](=O)[O-])c1. The summed E-state index contributed by atoms with van der Waals surface area (Å²) in [5.41, 5.74) is 5.25. The number of amides is 2. The van der Waals surface area contributed by atoms with Crippen LogP contribution in [0.25, 0.3) is 0 Å². The van der Waals surface area contributed by atoms with Crippen molar-refractivity contribution < 1.29 is 19.2 Å². The molecule has 2 amide bonds. The van der Waals surface area contributed by atoms with E-state index in [1.54, 1.807) is 36.4 Å². The van der Waals surface area contributed by atoms with Crippen LogP contribution in [0.4, 0.5) is 16.2 Å². The monoisotopic (exact) mass is 468 g/mol. The third kappa shape index (κ3) is 6.68. The highest BCUT2D eigenvalue weighted by Crippen LogP contribution is 2.36. The Morgan fingerprint density at radius 1 is 1.18 bits per heavy atom. The van der Waals surface area contributed by atoms with Gasteiger partial charge in [-0.1, -0.05) is 41.4 Å². The van der Waals surface area contributed by atoms with Gasteiger partial charge in [0, 0.05) is 17.8 Å². The molecule has 0 unspecified atom stereocenters. The number of aryl methyl sites for hydroxylation is 1. The van der Waals surface area contributed by atoms with Crippen molar-refractivity contribution in [1.29, 1.82) is 0 Å². The van der Waals surface area contributed by atoms with Gasteiger partial charge >= 0.3 is 6.03 Å². The summed E-state index contributed by atoms with van der Waals surface area (Å²) in [5, 5.41) is 17.8. The van der Waals surface area contributed by atoms with Crippen molar-refractivity contribution in [1.82, 2.24) is 5.43 Å². The first kappa shape index (κ1) is 23.6. The highest BCUT2D eigenvalue weighted by molar-refractivity contribution is 6.32. The molecule has 0 heterocycles. The van der Waals surface area contributed by atoms with E-state index in [1.807, 2.05) is 19.1 Å². The van der Waals surface area contributed by atoms with Gasteiger partial charge in [0.25, 0.3) is 5.69 Å². The van der Waals surface area contributed by atoms with Crippen LogP contribution in [-0.4, -0.2) is 24.3 Å². The highest BCUT2D eigenvalue weighted by Gasteiger charge is 2.13. The Bertz CT molecular complexity index is 1180. The third-order valence-corrected chi connectivity index (χ3v) is 4.73. The fourth-order valence-corrected chi connectivity index (χ4v) is 3.10. The van der Waals surface area contributed by atoms with Crippen molar-refractivity contribution in [2.24, 2.45) is 5.10 Å². The minimum Gasteiger partial charge on any atom is -0.493 e. The number of nitro groups is 1. The lowest BCUT2D eigenvalue weighted by atomic mass is 10.2. The zero-order valence-corrected chi connectivity index (χ0v) is 18.6. The van der Waals surface area contributed by atoms with E-state index in [9.17, 15) is 14.9 Å².